The van der Waals surface area contributed by atoms with Gasteiger partial charge in [-0.05, 0) is 31.0 Å². The third-order valence-electron chi connectivity index (χ3n) is 3.78. The number of anilines is 1. The topological polar surface area (TPSA) is 24.9 Å². The van der Waals surface area contributed by atoms with Crippen LogP contribution in [0.5, 0.6) is 0 Å². The van der Waals surface area contributed by atoms with Crippen LogP contribution in [0.2, 0.25) is 0 Å². The van der Waals surface area contributed by atoms with Crippen molar-refractivity contribution in [3.8, 4) is 0 Å². The molecule has 0 saturated heterocycles. The molecule has 1 aromatic heterocycles. The van der Waals surface area contributed by atoms with E-state index in [9.17, 15) is 0 Å². The lowest BCUT2D eigenvalue weighted by Gasteiger charge is -2.20. The summed E-state index contributed by atoms with van der Waals surface area (Å²) in [4.78, 5) is 4.60. The van der Waals surface area contributed by atoms with Gasteiger partial charge in [0.05, 0.1) is 11.6 Å². The molecule has 0 fully saturated rings. The molecule has 1 N–H and O–H groups in total. The van der Waals surface area contributed by atoms with Crippen LogP contribution in [0.3, 0.4) is 0 Å². The summed E-state index contributed by atoms with van der Waals surface area (Å²) in [5, 5.41) is 4.87. The molecule has 1 atom stereocenters. The summed E-state index contributed by atoms with van der Waals surface area (Å²) < 4.78 is 0. The molecule has 0 bridgehead atoms. The summed E-state index contributed by atoms with van der Waals surface area (Å²) >= 11 is 0. The molecule has 3 rings (SSSR count). The van der Waals surface area contributed by atoms with E-state index in [1.807, 2.05) is 13.0 Å². The third-order valence-corrected chi connectivity index (χ3v) is 3.78. The first-order valence-electron chi connectivity index (χ1n) is 7.46. The Morgan fingerprint density at radius 2 is 1.71 bits per heavy atom. The molecule has 2 nitrogen and oxygen atoms in total. The van der Waals surface area contributed by atoms with E-state index < -0.39 is 0 Å². The Balaban J connectivity index is 2.00. The smallest absolute Gasteiger partial charge is 0.0725 e. The van der Waals surface area contributed by atoms with E-state index >= 15 is 0 Å². The van der Waals surface area contributed by atoms with Crippen LogP contribution in [0.4, 0.5) is 5.69 Å². The molecule has 0 aliphatic rings. The highest BCUT2D eigenvalue weighted by Crippen LogP contribution is 2.28. The fraction of sp³-hybridized carbons (Fsp3) is 0.211. The molecular formula is C19H20N2. The quantitative estimate of drug-likeness (QED) is 0.716. The van der Waals surface area contributed by atoms with Gasteiger partial charge in [-0.1, -0.05) is 55.5 Å². The van der Waals surface area contributed by atoms with Crippen molar-refractivity contribution >= 4 is 16.6 Å². The van der Waals surface area contributed by atoms with Crippen molar-refractivity contribution in [1.82, 2.24) is 4.98 Å². The summed E-state index contributed by atoms with van der Waals surface area (Å²) in [7, 11) is 0. The van der Waals surface area contributed by atoms with Gasteiger partial charge in [-0.2, -0.15) is 0 Å². The molecule has 0 amide bonds. The second kappa shape index (κ2) is 5.96. The molecule has 0 aliphatic carbocycles. The van der Waals surface area contributed by atoms with Gasteiger partial charge in [-0.15, -0.1) is 0 Å². The van der Waals surface area contributed by atoms with Crippen LogP contribution >= 0.6 is 0 Å². The molecular weight excluding hydrogens is 256 g/mol. The van der Waals surface area contributed by atoms with Gasteiger partial charge in [0, 0.05) is 16.8 Å². The summed E-state index contributed by atoms with van der Waals surface area (Å²) in [6.07, 6.45) is 1.04. The maximum Gasteiger partial charge on any atom is 0.0725 e. The highest BCUT2D eigenvalue weighted by Gasteiger charge is 2.11. The Kier molecular flexibility index (Phi) is 3.87. The van der Waals surface area contributed by atoms with Gasteiger partial charge in [0.1, 0.15) is 0 Å². The minimum Gasteiger partial charge on any atom is -0.378 e. The molecule has 1 unspecified atom stereocenters. The number of rotatable bonds is 4. The third kappa shape index (κ3) is 2.89. The van der Waals surface area contributed by atoms with Crippen molar-refractivity contribution in [2.75, 3.05) is 5.32 Å². The number of aryl methyl sites for hydroxylation is 1. The minimum atomic E-state index is 0.316. The second-order valence-electron chi connectivity index (χ2n) is 5.34. The molecule has 0 saturated carbocycles. The van der Waals surface area contributed by atoms with Gasteiger partial charge in [0.2, 0.25) is 0 Å². The van der Waals surface area contributed by atoms with Crippen LogP contribution in [-0.4, -0.2) is 4.98 Å². The van der Waals surface area contributed by atoms with E-state index in [4.69, 9.17) is 0 Å². The monoisotopic (exact) mass is 276 g/mol. The van der Waals surface area contributed by atoms with E-state index in [0.29, 0.717) is 6.04 Å². The number of pyridine rings is 1. The maximum absolute atomic E-state index is 4.60. The zero-order valence-corrected chi connectivity index (χ0v) is 12.5. The van der Waals surface area contributed by atoms with E-state index in [1.54, 1.807) is 0 Å². The van der Waals surface area contributed by atoms with Crippen molar-refractivity contribution in [2.24, 2.45) is 0 Å². The Hall–Kier alpha value is -2.35. The highest BCUT2D eigenvalue weighted by atomic mass is 14.9. The zero-order valence-electron chi connectivity index (χ0n) is 12.5. The van der Waals surface area contributed by atoms with Crippen LogP contribution in [0.15, 0.2) is 60.7 Å². The summed E-state index contributed by atoms with van der Waals surface area (Å²) in [6, 6.07) is 21.3. The molecule has 2 heteroatoms. The number of aromatic nitrogens is 1. The summed E-state index contributed by atoms with van der Waals surface area (Å²) in [5.74, 6) is 0. The number of fused-ring (bicyclic) bond motifs is 1. The van der Waals surface area contributed by atoms with Crippen molar-refractivity contribution in [2.45, 2.75) is 26.3 Å². The second-order valence-corrected chi connectivity index (χ2v) is 5.34. The Bertz CT molecular complexity index is 735. The predicted molar refractivity (Wildman–Crippen MR) is 89.6 cm³/mol. The first kappa shape index (κ1) is 13.6. The molecule has 1 heterocycles. The van der Waals surface area contributed by atoms with Gasteiger partial charge in [-0.25, -0.2) is 0 Å². The van der Waals surface area contributed by atoms with E-state index in [1.165, 1.54) is 10.9 Å². The SMILES string of the molecule is CCC(Nc1cc(C)nc2ccccc12)c1ccccc1. The predicted octanol–water partition coefficient (Wildman–Crippen LogP) is 5.11. The van der Waals surface area contributed by atoms with Crippen LogP contribution in [0.25, 0.3) is 10.9 Å². The standard InChI is InChI=1S/C19H20N2/c1-3-17(15-9-5-4-6-10-15)21-19-13-14(2)20-18-12-8-7-11-16(18)19/h4-13,17H,3H2,1-2H3,(H,20,21). The van der Waals surface area contributed by atoms with Crippen molar-refractivity contribution in [3.05, 3.63) is 71.9 Å². The number of nitrogens with one attached hydrogen (secondary N) is 1. The fourth-order valence-corrected chi connectivity index (χ4v) is 2.72. The van der Waals surface area contributed by atoms with E-state index in [0.717, 1.165) is 23.3 Å². The average Bonchev–Trinajstić information content (AvgIpc) is 2.53. The molecule has 0 radical (unpaired) electrons. The largest absolute Gasteiger partial charge is 0.378 e. The first-order valence-corrected chi connectivity index (χ1v) is 7.46. The van der Waals surface area contributed by atoms with Gasteiger partial charge in [0.15, 0.2) is 0 Å². The minimum absolute atomic E-state index is 0.316. The molecule has 21 heavy (non-hydrogen) atoms. The molecule has 2 aromatic carbocycles. The summed E-state index contributed by atoms with van der Waals surface area (Å²) in [5.41, 5.74) is 4.56. The lowest BCUT2D eigenvalue weighted by molar-refractivity contribution is 0.750. The normalized spacial score (nSPS) is 12.3. The van der Waals surface area contributed by atoms with Crippen LogP contribution in [0.1, 0.15) is 30.6 Å². The number of nitrogens with zero attached hydrogens (tertiary/aromatic N) is 1. The van der Waals surface area contributed by atoms with Crippen molar-refractivity contribution in [1.29, 1.82) is 0 Å². The number of benzene rings is 2. The molecule has 3 aromatic rings. The molecule has 0 spiro atoms. The zero-order chi connectivity index (χ0) is 14.7. The number of para-hydroxylation sites is 1. The van der Waals surface area contributed by atoms with Gasteiger partial charge in [0.25, 0.3) is 0 Å². The highest BCUT2D eigenvalue weighted by molar-refractivity contribution is 5.91. The maximum atomic E-state index is 4.60. The molecule has 0 aliphatic heterocycles. The van der Waals surface area contributed by atoms with Crippen LogP contribution < -0.4 is 5.32 Å². The Labute approximate surface area is 125 Å². The first-order chi connectivity index (χ1) is 10.3. The van der Waals surface area contributed by atoms with Crippen molar-refractivity contribution < 1.29 is 0 Å². The van der Waals surface area contributed by atoms with Gasteiger partial charge < -0.3 is 5.32 Å². The average molecular weight is 276 g/mol. The number of hydrogen-bond donors (Lipinski definition) is 1. The molecule has 106 valence electrons. The fourth-order valence-electron chi connectivity index (χ4n) is 2.72. The van der Waals surface area contributed by atoms with Crippen molar-refractivity contribution in [3.63, 3.8) is 0 Å². The Morgan fingerprint density at radius 3 is 2.48 bits per heavy atom. The number of hydrogen-bond acceptors (Lipinski definition) is 2. The van der Waals surface area contributed by atoms with Crippen LogP contribution in [0, 0.1) is 6.92 Å². The van der Waals surface area contributed by atoms with Gasteiger partial charge in [-0.3, -0.25) is 4.98 Å². The van der Waals surface area contributed by atoms with E-state index in [-0.39, 0.29) is 0 Å². The van der Waals surface area contributed by atoms with E-state index in [2.05, 4.69) is 71.8 Å². The summed E-state index contributed by atoms with van der Waals surface area (Å²) in [6.45, 7) is 4.25. The Morgan fingerprint density at radius 1 is 1.00 bits per heavy atom. The van der Waals surface area contributed by atoms with Gasteiger partial charge >= 0.3 is 0 Å². The lowest BCUT2D eigenvalue weighted by atomic mass is 10.0. The van der Waals surface area contributed by atoms with Crippen LogP contribution in [-0.2, 0) is 0 Å². The lowest BCUT2D eigenvalue weighted by Crippen LogP contribution is -2.10.